The maximum atomic E-state index is 12.5. The largest absolute Gasteiger partial charge is 0.480 e. The number of urea groups is 1. The highest BCUT2D eigenvalue weighted by Gasteiger charge is 2.23. The Morgan fingerprint density at radius 2 is 1.67 bits per heavy atom. The van der Waals surface area contributed by atoms with Gasteiger partial charge in [0.05, 0.1) is 0 Å². The highest BCUT2D eigenvalue weighted by Crippen LogP contribution is 2.17. The van der Waals surface area contributed by atoms with E-state index in [1.54, 1.807) is 24.3 Å². The first-order chi connectivity index (χ1) is 9.99. The minimum atomic E-state index is -1.07. The van der Waals surface area contributed by atoms with Gasteiger partial charge in [-0.2, -0.15) is 0 Å². The minimum Gasteiger partial charge on any atom is -0.480 e. The van der Waals surface area contributed by atoms with Crippen LogP contribution >= 0.6 is 0 Å². The standard InChI is InChI=1S/C16H20N2O3/c1-4-10-17(11-5-2)16(21)18(12-15(19)20)14-8-6-13(3)7-9-14/h4-9H,1-2,10-12H2,3H3,(H,19,20). The average Bonchev–Trinajstić information content (AvgIpc) is 2.45. The van der Waals surface area contributed by atoms with Gasteiger partial charge >= 0.3 is 12.0 Å². The van der Waals surface area contributed by atoms with Gasteiger partial charge in [-0.05, 0) is 19.1 Å². The van der Waals surface area contributed by atoms with Crippen molar-refractivity contribution >= 4 is 17.7 Å². The quantitative estimate of drug-likeness (QED) is 0.785. The van der Waals surface area contributed by atoms with Gasteiger partial charge in [-0.3, -0.25) is 9.69 Å². The Morgan fingerprint density at radius 3 is 2.10 bits per heavy atom. The minimum absolute atomic E-state index is 0.326. The number of benzene rings is 1. The number of aryl methyl sites for hydroxylation is 1. The average molecular weight is 288 g/mol. The number of carbonyl (C=O) groups excluding carboxylic acids is 1. The summed E-state index contributed by atoms with van der Waals surface area (Å²) in [5.41, 5.74) is 1.58. The Bertz CT molecular complexity index is 513. The zero-order valence-electron chi connectivity index (χ0n) is 12.2. The van der Waals surface area contributed by atoms with Gasteiger partial charge in [-0.25, -0.2) is 4.79 Å². The molecule has 0 unspecified atom stereocenters. The van der Waals surface area contributed by atoms with E-state index in [4.69, 9.17) is 5.11 Å². The zero-order chi connectivity index (χ0) is 15.8. The van der Waals surface area contributed by atoms with Crippen molar-refractivity contribution in [1.82, 2.24) is 4.90 Å². The first-order valence-corrected chi connectivity index (χ1v) is 6.56. The van der Waals surface area contributed by atoms with E-state index >= 15 is 0 Å². The Labute approximate surface area is 124 Å². The summed E-state index contributed by atoms with van der Waals surface area (Å²) in [4.78, 5) is 26.3. The summed E-state index contributed by atoms with van der Waals surface area (Å²) in [6, 6.07) is 6.75. The molecule has 0 heterocycles. The first kappa shape index (κ1) is 16.5. The van der Waals surface area contributed by atoms with E-state index in [1.807, 2.05) is 19.1 Å². The van der Waals surface area contributed by atoms with Crippen molar-refractivity contribution in [3.63, 3.8) is 0 Å². The third-order valence-electron chi connectivity index (χ3n) is 2.84. The van der Waals surface area contributed by atoms with E-state index in [1.165, 1.54) is 9.80 Å². The second-order valence-corrected chi connectivity index (χ2v) is 4.58. The van der Waals surface area contributed by atoms with Crippen LogP contribution in [0, 0.1) is 6.92 Å². The third-order valence-corrected chi connectivity index (χ3v) is 2.84. The number of hydrogen-bond acceptors (Lipinski definition) is 2. The fourth-order valence-corrected chi connectivity index (χ4v) is 1.84. The lowest BCUT2D eigenvalue weighted by Crippen LogP contribution is -2.45. The van der Waals surface area contributed by atoms with Crippen LogP contribution in [0.3, 0.4) is 0 Å². The molecule has 1 N–H and O–H groups in total. The van der Waals surface area contributed by atoms with E-state index in [2.05, 4.69) is 13.2 Å². The summed E-state index contributed by atoms with van der Waals surface area (Å²) >= 11 is 0. The predicted molar refractivity (Wildman–Crippen MR) is 83.5 cm³/mol. The molecule has 0 saturated heterocycles. The fraction of sp³-hybridized carbons (Fsp3) is 0.250. The fourth-order valence-electron chi connectivity index (χ4n) is 1.84. The molecule has 0 aliphatic carbocycles. The van der Waals surface area contributed by atoms with Crippen LogP contribution in [-0.4, -0.2) is 41.6 Å². The van der Waals surface area contributed by atoms with E-state index in [9.17, 15) is 9.59 Å². The molecule has 112 valence electrons. The van der Waals surface area contributed by atoms with E-state index < -0.39 is 12.5 Å². The van der Waals surface area contributed by atoms with Crippen LogP contribution in [0.4, 0.5) is 10.5 Å². The number of rotatable bonds is 7. The van der Waals surface area contributed by atoms with Crippen molar-refractivity contribution in [3.8, 4) is 0 Å². The van der Waals surface area contributed by atoms with Gasteiger partial charge in [0.2, 0.25) is 0 Å². The molecule has 0 aliphatic heterocycles. The van der Waals surface area contributed by atoms with Gasteiger partial charge in [-0.1, -0.05) is 29.8 Å². The monoisotopic (exact) mass is 288 g/mol. The van der Waals surface area contributed by atoms with Crippen molar-refractivity contribution in [2.45, 2.75) is 6.92 Å². The number of hydrogen-bond donors (Lipinski definition) is 1. The van der Waals surface area contributed by atoms with Crippen LogP contribution in [0.1, 0.15) is 5.56 Å². The molecule has 0 bridgehead atoms. The van der Waals surface area contributed by atoms with Crippen LogP contribution in [0.15, 0.2) is 49.6 Å². The van der Waals surface area contributed by atoms with Crippen LogP contribution in [-0.2, 0) is 4.79 Å². The molecule has 0 atom stereocenters. The Kier molecular flexibility index (Phi) is 6.20. The molecule has 0 aliphatic rings. The molecule has 0 saturated carbocycles. The molecule has 1 aromatic carbocycles. The Morgan fingerprint density at radius 1 is 1.14 bits per heavy atom. The molecule has 2 amide bonds. The molecule has 0 aromatic heterocycles. The third kappa shape index (κ3) is 4.80. The van der Waals surface area contributed by atoms with Gasteiger partial charge in [-0.15, -0.1) is 13.2 Å². The van der Waals surface area contributed by atoms with Crippen molar-refractivity contribution < 1.29 is 14.7 Å². The van der Waals surface area contributed by atoms with Gasteiger partial charge in [0.25, 0.3) is 0 Å². The molecule has 0 radical (unpaired) electrons. The first-order valence-electron chi connectivity index (χ1n) is 6.56. The highest BCUT2D eigenvalue weighted by molar-refractivity contribution is 5.96. The van der Waals surface area contributed by atoms with Gasteiger partial charge in [0.15, 0.2) is 0 Å². The number of amides is 2. The summed E-state index contributed by atoms with van der Waals surface area (Å²) in [5.74, 6) is -1.07. The molecule has 1 aromatic rings. The van der Waals surface area contributed by atoms with Gasteiger partial charge in [0.1, 0.15) is 6.54 Å². The van der Waals surface area contributed by atoms with Crippen LogP contribution in [0.5, 0.6) is 0 Å². The molecule has 5 nitrogen and oxygen atoms in total. The second kappa shape index (κ2) is 7.89. The Balaban J connectivity index is 3.07. The second-order valence-electron chi connectivity index (χ2n) is 4.58. The summed E-state index contributed by atoms with van der Waals surface area (Å²) in [7, 11) is 0. The SMILES string of the molecule is C=CCN(CC=C)C(=O)N(CC(=O)O)c1ccc(C)cc1. The van der Waals surface area contributed by atoms with Crippen molar-refractivity contribution in [1.29, 1.82) is 0 Å². The van der Waals surface area contributed by atoms with Crippen LogP contribution in [0.25, 0.3) is 0 Å². The van der Waals surface area contributed by atoms with Crippen molar-refractivity contribution in [2.24, 2.45) is 0 Å². The lowest BCUT2D eigenvalue weighted by molar-refractivity contribution is -0.135. The molecule has 1 rings (SSSR count). The predicted octanol–water partition coefficient (Wildman–Crippen LogP) is 2.68. The van der Waals surface area contributed by atoms with Crippen LogP contribution in [0.2, 0.25) is 0 Å². The van der Waals surface area contributed by atoms with Gasteiger partial charge < -0.3 is 10.0 Å². The lowest BCUT2D eigenvalue weighted by atomic mass is 10.2. The van der Waals surface area contributed by atoms with Gasteiger partial charge in [0, 0.05) is 18.8 Å². The van der Waals surface area contributed by atoms with Crippen molar-refractivity contribution in [2.75, 3.05) is 24.5 Å². The number of carbonyl (C=O) groups is 2. The highest BCUT2D eigenvalue weighted by atomic mass is 16.4. The molecule has 0 spiro atoms. The number of aliphatic carboxylic acids is 1. The smallest absolute Gasteiger partial charge is 0.325 e. The molecule has 21 heavy (non-hydrogen) atoms. The summed E-state index contributed by atoms with van der Waals surface area (Å²) in [6.07, 6.45) is 3.19. The van der Waals surface area contributed by atoms with Crippen LogP contribution < -0.4 is 4.90 Å². The lowest BCUT2D eigenvalue weighted by Gasteiger charge is -2.28. The zero-order valence-corrected chi connectivity index (χ0v) is 12.2. The maximum absolute atomic E-state index is 12.5. The van der Waals surface area contributed by atoms with E-state index in [-0.39, 0.29) is 6.03 Å². The number of carboxylic acid groups (broad SMARTS) is 1. The topological polar surface area (TPSA) is 60.9 Å². The normalized spacial score (nSPS) is 9.76. The van der Waals surface area contributed by atoms with E-state index in [0.29, 0.717) is 18.8 Å². The molecule has 0 fully saturated rings. The summed E-state index contributed by atoms with van der Waals surface area (Å²) < 4.78 is 0. The summed E-state index contributed by atoms with van der Waals surface area (Å²) in [5, 5.41) is 9.04. The maximum Gasteiger partial charge on any atom is 0.325 e. The van der Waals surface area contributed by atoms with Crippen molar-refractivity contribution in [3.05, 3.63) is 55.1 Å². The molecular weight excluding hydrogens is 268 g/mol. The number of nitrogens with zero attached hydrogens (tertiary/aromatic N) is 2. The molecular formula is C16H20N2O3. The van der Waals surface area contributed by atoms with E-state index in [0.717, 1.165) is 5.56 Å². The Hall–Kier alpha value is -2.56. The summed E-state index contributed by atoms with van der Waals surface area (Å²) in [6.45, 7) is 9.40. The molecule has 5 heteroatoms. The number of carboxylic acids is 1. The number of anilines is 1.